The van der Waals surface area contributed by atoms with Gasteiger partial charge in [-0.3, -0.25) is 4.79 Å². The van der Waals surface area contributed by atoms with Crippen LogP contribution in [0.3, 0.4) is 0 Å². The molecule has 1 aromatic carbocycles. The molecule has 1 aromatic rings. The maximum atomic E-state index is 10.8. The predicted octanol–water partition coefficient (Wildman–Crippen LogP) is 3.23. The summed E-state index contributed by atoms with van der Waals surface area (Å²) in [6.07, 6.45) is 0.546. The van der Waals surface area contributed by atoms with Crippen LogP contribution in [0.5, 0.6) is 0 Å². The Hall–Kier alpha value is -0.276. The first-order valence-electron chi connectivity index (χ1n) is 5.87. The molecule has 0 aromatic heterocycles. The van der Waals surface area contributed by atoms with E-state index >= 15 is 0 Å². The fraction of sp³-hybridized carbons (Fsp3) is 0.462. The number of carbonyl (C=O) groups excluding carboxylic acids is 1. The van der Waals surface area contributed by atoms with Crippen LogP contribution in [0.15, 0.2) is 22.7 Å². The fourth-order valence-electron chi connectivity index (χ4n) is 1.79. The standard InChI is InChI=1S/C13H17BrO3Si2/c1-13(2,12(16-18-3)17-19-4)10-6-5-9(8-15)7-11(10)14/h5-8,12H,1-4H3. The van der Waals surface area contributed by atoms with Crippen LogP contribution < -0.4 is 0 Å². The zero-order valence-corrected chi connectivity index (χ0v) is 15.1. The number of aldehydes is 1. The fourth-order valence-corrected chi connectivity index (χ4v) is 3.90. The van der Waals surface area contributed by atoms with Crippen molar-refractivity contribution in [3.63, 3.8) is 0 Å². The summed E-state index contributed by atoms with van der Waals surface area (Å²) in [5, 5.41) is 0. The smallest absolute Gasteiger partial charge is 0.229 e. The van der Waals surface area contributed by atoms with Gasteiger partial charge in [0.1, 0.15) is 12.6 Å². The van der Waals surface area contributed by atoms with Crippen molar-refractivity contribution >= 4 is 41.7 Å². The number of carbonyl (C=O) groups is 1. The Bertz CT molecular complexity index is 432. The van der Waals surface area contributed by atoms with Crippen LogP contribution in [0.4, 0.5) is 0 Å². The molecule has 0 aliphatic rings. The SMILES string of the molecule is C[Si]OC(O[Si]C)C(C)(C)c1ccc(C=O)cc1Br. The van der Waals surface area contributed by atoms with Crippen molar-refractivity contribution in [1.82, 2.24) is 0 Å². The van der Waals surface area contributed by atoms with Crippen LogP contribution in [0, 0.1) is 0 Å². The highest BCUT2D eigenvalue weighted by Crippen LogP contribution is 2.35. The summed E-state index contributed by atoms with van der Waals surface area (Å²) in [6, 6.07) is 5.59. The minimum absolute atomic E-state index is 0.294. The van der Waals surface area contributed by atoms with Gasteiger partial charge < -0.3 is 8.85 Å². The lowest BCUT2D eigenvalue weighted by Gasteiger charge is -2.35. The van der Waals surface area contributed by atoms with E-state index in [1.807, 2.05) is 31.3 Å². The van der Waals surface area contributed by atoms with Gasteiger partial charge in [-0.15, -0.1) is 0 Å². The summed E-state index contributed by atoms with van der Waals surface area (Å²) < 4.78 is 12.4. The van der Waals surface area contributed by atoms with Crippen molar-refractivity contribution in [2.24, 2.45) is 0 Å². The first-order chi connectivity index (χ1) is 8.97. The van der Waals surface area contributed by atoms with Gasteiger partial charge in [-0.2, -0.15) is 0 Å². The van der Waals surface area contributed by atoms with Gasteiger partial charge in [0.05, 0.1) is 0 Å². The quantitative estimate of drug-likeness (QED) is 0.427. The van der Waals surface area contributed by atoms with Crippen molar-refractivity contribution in [2.75, 3.05) is 0 Å². The van der Waals surface area contributed by atoms with Crippen molar-refractivity contribution in [1.29, 1.82) is 0 Å². The summed E-state index contributed by atoms with van der Waals surface area (Å²) in [6.45, 7) is 8.13. The number of halogens is 1. The predicted molar refractivity (Wildman–Crippen MR) is 81.7 cm³/mol. The molecule has 0 aliphatic heterocycles. The minimum Gasteiger partial charge on any atom is -0.393 e. The maximum absolute atomic E-state index is 10.8. The third-order valence-electron chi connectivity index (χ3n) is 2.86. The average molecular weight is 357 g/mol. The molecule has 0 heterocycles. The van der Waals surface area contributed by atoms with E-state index in [9.17, 15) is 4.79 Å². The van der Waals surface area contributed by atoms with Crippen LogP contribution in [0.2, 0.25) is 13.1 Å². The van der Waals surface area contributed by atoms with Gasteiger partial charge in [0.15, 0.2) is 0 Å². The lowest BCUT2D eigenvalue weighted by Crippen LogP contribution is -2.39. The molecule has 0 amide bonds. The first kappa shape index (κ1) is 16.8. The number of rotatable bonds is 7. The van der Waals surface area contributed by atoms with E-state index in [0.29, 0.717) is 25.1 Å². The molecule has 102 valence electrons. The molecule has 4 radical (unpaired) electrons. The van der Waals surface area contributed by atoms with Gasteiger partial charge in [-0.25, -0.2) is 0 Å². The number of hydrogen-bond acceptors (Lipinski definition) is 3. The highest BCUT2D eigenvalue weighted by Gasteiger charge is 2.34. The lowest BCUT2D eigenvalue weighted by molar-refractivity contribution is -0.0435. The molecule has 0 N–H and O–H groups in total. The maximum Gasteiger partial charge on any atom is 0.229 e. The summed E-state index contributed by atoms with van der Waals surface area (Å²) in [5.41, 5.74) is 1.42. The molecule has 0 fully saturated rings. The average Bonchev–Trinajstić information content (AvgIpc) is 2.38. The van der Waals surface area contributed by atoms with Gasteiger partial charge >= 0.3 is 0 Å². The highest BCUT2D eigenvalue weighted by atomic mass is 79.9. The Morgan fingerprint density at radius 2 is 1.84 bits per heavy atom. The second kappa shape index (κ2) is 7.49. The molecule has 3 nitrogen and oxygen atoms in total. The van der Waals surface area contributed by atoms with Crippen molar-refractivity contribution in [3.8, 4) is 0 Å². The molecule has 0 atom stereocenters. The van der Waals surface area contributed by atoms with E-state index in [1.54, 1.807) is 0 Å². The van der Waals surface area contributed by atoms with Crippen molar-refractivity contribution < 1.29 is 13.6 Å². The third-order valence-corrected chi connectivity index (χ3v) is 4.42. The van der Waals surface area contributed by atoms with E-state index in [4.69, 9.17) is 8.85 Å². The van der Waals surface area contributed by atoms with Gasteiger partial charge in [0.25, 0.3) is 0 Å². The molecular formula is C13H17BrO3Si2. The number of benzene rings is 1. The summed E-state index contributed by atoms with van der Waals surface area (Å²) >= 11 is 3.53. The Morgan fingerprint density at radius 1 is 1.26 bits per heavy atom. The van der Waals surface area contributed by atoms with E-state index < -0.39 is 0 Å². The first-order valence-corrected chi connectivity index (χ1v) is 9.48. The van der Waals surface area contributed by atoms with Crippen LogP contribution in [-0.2, 0) is 14.3 Å². The van der Waals surface area contributed by atoms with Crippen molar-refractivity contribution in [3.05, 3.63) is 33.8 Å². The van der Waals surface area contributed by atoms with E-state index in [2.05, 4.69) is 29.8 Å². The second-order valence-electron chi connectivity index (χ2n) is 4.55. The molecule has 0 aliphatic carbocycles. The molecule has 0 unspecified atom stereocenters. The molecule has 19 heavy (non-hydrogen) atoms. The largest absolute Gasteiger partial charge is 0.393 e. The van der Waals surface area contributed by atoms with Crippen LogP contribution >= 0.6 is 15.9 Å². The molecule has 0 bridgehead atoms. The number of hydrogen-bond donors (Lipinski definition) is 0. The summed E-state index contributed by atoms with van der Waals surface area (Å²) in [4.78, 5) is 10.8. The minimum atomic E-state index is -0.299. The molecule has 6 heteroatoms. The second-order valence-corrected chi connectivity index (χ2v) is 6.70. The Kier molecular flexibility index (Phi) is 6.61. The van der Waals surface area contributed by atoms with Crippen LogP contribution in [0.25, 0.3) is 0 Å². The van der Waals surface area contributed by atoms with Crippen LogP contribution in [0.1, 0.15) is 29.8 Å². The molecule has 1 rings (SSSR count). The van der Waals surface area contributed by atoms with Gasteiger partial charge in [-0.05, 0) is 24.7 Å². The summed E-state index contributed by atoms with van der Waals surface area (Å²) in [5.74, 6) is 0. The molecule has 0 spiro atoms. The van der Waals surface area contributed by atoms with Gasteiger partial charge in [0, 0.05) is 15.5 Å². The van der Waals surface area contributed by atoms with E-state index in [1.165, 1.54) is 0 Å². The molecular weight excluding hydrogens is 340 g/mol. The monoisotopic (exact) mass is 356 g/mol. The van der Waals surface area contributed by atoms with Crippen molar-refractivity contribution in [2.45, 2.75) is 38.6 Å². The Balaban J connectivity index is 3.12. The zero-order chi connectivity index (χ0) is 14.5. The topological polar surface area (TPSA) is 35.5 Å². The molecule has 0 saturated heterocycles. The lowest BCUT2D eigenvalue weighted by atomic mass is 9.83. The van der Waals surface area contributed by atoms with E-state index in [-0.39, 0.29) is 11.7 Å². The van der Waals surface area contributed by atoms with E-state index in [0.717, 1.165) is 16.3 Å². The Labute approximate surface area is 128 Å². The Morgan fingerprint density at radius 3 is 2.26 bits per heavy atom. The third kappa shape index (κ3) is 4.09. The van der Waals surface area contributed by atoms with Gasteiger partial charge in [0.2, 0.25) is 19.5 Å². The zero-order valence-electron chi connectivity index (χ0n) is 11.5. The van der Waals surface area contributed by atoms with Crippen LogP contribution in [-0.4, -0.2) is 32.1 Å². The van der Waals surface area contributed by atoms with Gasteiger partial charge in [-0.1, -0.05) is 41.9 Å². The summed E-state index contributed by atoms with van der Waals surface area (Å²) in [7, 11) is 0.738. The highest BCUT2D eigenvalue weighted by molar-refractivity contribution is 9.10. The molecule has 0 saturated carbocycles. The normalized spacial score (nSPS) is 11.9.